The van der Waals surface area contributed by atoms with Crippen molar-refractivity contribution in [3.05, 3.63) is 60.8 Å². The van der Waals surface area contributed by atoms with Crippen molar-refractivity contribution in [2.24, 2.45) is 0 Å². The third-order valence-electron chi connectivity index (χ3n) is 3.42. The highest BCUT2D eigenvalue weighted by Crippen LogP contribution is 2.31. The number of benzene rings is 2. The van der Waals surface area contributed by atoms with Gasteiger partial charge in [0.15, 0.2) is 0 Å². The molecule has 0 bridgehead atoms. The Labute approximate surface area is 118 Å². The van der Waals surface area contributed by atoms with E-state index in [9.17, 15) is 0 Å². The smallest absolute Gasteiger partial charge is 0.0743 e. The zero-order chi connectivity index (χ0) is 13.9. The molecule has 0 aliphatic heterocycles. The first-order valence-corrected chi connectivity index (χ1v) is 6.76. The van der Waals surface area contributed by atoms with Gasteiger partial charge in [-0.3, -0.25) is 4.98 Å². The Balaban J connectivity index is 2.17. The number of hydrogen-bond acceptors (Lipinski definition) is 3. The molecule has 3 heteroatoms. The van der Waals surface area contributed by atoms with Gasteiger partial charge in [-0.1, -0.05) is 18.2 Å². The van der Waals surface area contributed by atoms with Crippen LogP contribution in [0.4, 0.5) is 17.1 Å². The number of rotatable bonds is 3. The van der Waals surface area contributed by atoms with E-state index in [-0.39, 0.29) is 0 Å². The number of anilines is 3. The normalized spacial score (nSPS) is 10.7. The summed E-state index contributed by atoms with van der Waals surface area (Å²) in [4.78, 5) is 6.68. The Morgan fingerprint density at radius 3 is 2.60 bits per heavy atom. The molecule has 0 unspecified atom stereocenters. The molecule has 0 radical (unpaired) electrons. The van der Waals surface area contributed by atoms with E-state index in [4.69, 9.17) is 5.73 Å². The largest absolute Gasteiger partial charge is 0.399 e. The zero-order valence-electron chi connectivity index (χ0n) is 11.5. The minimum absolute atomic E-state index is 0.741. The third kappa shape index (κ3) is 2.18. The van der Waals surface area contributed by atoms with Gasteiger partial charge in [-0.05, 0) is 43.3 Å². The van der Waals surface area contributed by atoms with Crippen LogP contribution >= 0.6 is 0 Å². The maximum atomic E-state index is 5.84. The molecule has 0 aliphatic carbocycles. The van der Waals surface area contributed by atoms with Crippen LogP contribution in [0.2, 0.25) is 0 Å². The van der Waals surface area contributed by atoms with Crippen LogP contribution in [-0.4, -0.2) is 11.5 Å². The first kappa shape index (κ1) is 12.5. The van der Waals surface area contributed by atoms with E-state index >= 15 is 0 Å². The fraction of sp³-hybridized carbons (Fsp3) is 0.118. The molecule has 0 atom stereocenters. The molecule has 0 amide bonds. The van der Waals surface area contributed by atoms with E-state index in [0.717, 1.165) is 28.8 Å². The lowest BCUT2D eigenvalue weighted by Gasteiger charge is -2.24. The fourth-order valence-electron chi connectivity index (χ4n) is 2.49. The summed E-state index contributed by atoms with van der Waals surface area (Å²) in [6.07, 6.45) is 1.84. The first-order chi connectivity index (χ1) is 9.79. The predicted molar refractivity (Wildman–Crippen MR) is 85.3 cm³/mol. The molecule has 100 valence electrons. The van der Waals surface area contributed by atoms with Crippen LogP contribution in [0.25, 0.3) is 10.9 Å². The van der Waals surface area contributed by atoms with E-state index in [1.54, 1.807) is 0 Å². The van der Waals surface area contributed by atoms with Crippen LogP contribution in [0.15, 0.2) is 60.8 Å². The zero-order valence-corrected chi connectivity index (χ0v) is 11.5. The third-order valence-corrected chi connectivity index (χ3v) is 3.42. The number of fused-ring (bicyclic) bond motifs is 1. The molecule has 0 saturated carbocycles. The first-order valence-electron chi connectivity index (χ1n) is 6.76. The van der Waals surface area contributed by atoms with Crippen LogP contribution in [0.5, 0.6) is 0 Å². The lowest BCUT2D eigenvalue weighted by atomic mass is 10.1. The van der Waals surface area contributed by atoms with Gasteiger partial charge in [-0.2, -0.15) is 0 Å². The molecule has 1 heterocycles. The number of pyridine rings is 1. The monoisotopic (exact) mass is 263 g/mol. The molecular weight excluding hydrogens is 246 g/mol. The van der Waals surface area contributed by atoms with Crippen molar-refractivity contribution >= 4 is 28.0 Å². The molecular formula is C17H17N3. The van der Waals surface area contributed by atoms with Gasteiger partial charge in [0.2, 0.25) is 0 Å². The van der Waals surface area contributed by atoms with Crippen LogP contribution < -0.4 is 10.6 Å². The average Bonchev–Trinajstić information content (AvgIpc) is 2.49. The molecule has 20 heavy (non-hydrogen) atoms. The number of hydrogen-bond donors (Lipinski definition) is 1. The van der Waals surface area contributed by atoms with Gasteiger partial charge in [0.05, 0.1) is 11.2 Å². The Morgan fingerprint density at radius 2 is 1.85 bits per heavy atom. The van der Waals surface area contributed by atoms with Crippen molar-refractivity contribution in [1.82, 2.24) is 4.98 Å². The maximum absolute atomic E-state index is 5.84. The summed E-state index contributed by atoms with van der Waals surface area (Å²) in [5.74, 6) is 0. The Bertz CT molecular complexity index is 723. The summed E-state index contributed by atoms with van der Waals surface area (Å²) < 4.78 is 0. The van der Waals surface area contributed by atoms with Gasteiger partial charge in [0, 0.05) is 29.5 Å². The number of nitrogen functional groups attached to an aromatic ring is 1. The van der Waals surface area contributed by atoms with E-state index in [0.29, 0.717) is 0 Å². The van der Waals surface area contributed by atoms with Gasteiger partial charge in [-0.15, -0.1) is 0 Å². The van der Waals surface area contributed by atoms with Crippen molar-refractivity contribution in [2.45, 2.75) is 6.92 Å². The minimum atomic E-state index is 0.741. The highest BCUT2D eigenvalue weighted by molar-refractivity contribution is 5.95. The Kier molecular flexibility index (Phi) is 3.25. The minimum Gasteiger partial charge on any atom is -0.399 e. The SMILES string of the molecule is CCN(c1ccccc1)c1ccnc2cc(N)ccc12. The second kappa shape index (κ2) is 5.21. The molecule has 0 fully saturated rings. The predicted octanol–water partition coefficient (Wildman–Crippen LogP) is 3.98. The van der Waals surface area contributed by atoms with Crippen molar-refractivity contribution in [3.63, 3.8) is 0 Å². The number of para-hydroxylation sites is 1. The molecule has 0 aliphatic rings. The van der Waals surface area contributed by atoms with Gasteiger partial charge in [0.1, 0.15) is 0 Å². The molecule has 3 nitrogen and oxygen atoms in total. The Morgan fingerprint density at radius 1 is 1.05 bits per heavy atom. The summed E-state index contributed by atoms with van der Waals surface area (Å²) in [6, 6.07) is 18.3. The quantitative estimate of drug-likeness (QED) is 0.727. The second-order valence-corrected chi connectivity index (χ2v) is 4.69. The van der Waals surface area contributed by atoms with Gasteiger partial charge >= 0.3 is 0 Å². The van der Waals surface area contributed by atoms with Crippen molar-refractivity contribution in [1.29, 1.82) is 0 Å². The van der Waals surface area contributed by atoms with Crippen LogP contribution in [0.1, 0.15) is 6.92 Å². The Hall–Kier alpha value is -2.55. The van der Waals surface area contributed by atoms with E-state index < -0.39 is 0 Å². The molecule has 2 aromatic carbocycles. The van der Waals surface area contributed by atoms with E-state index in [2.05, 4.69) is 47.1 Å². The highest BCUT2D eigenvalue weighted by atomic mass is 15.1. The van der Waals surface area contributed by atoms with Crippen LogP contribution in [0.3, 0.4) is 0 Å². The molecule has 1 aromatic heterocycles. The van der Waals surface area contributed by atoms with Crippen molar-refractivity contribution in [2.75, 3.05) is 17.2 Å². The highest BCUT2D eigenvalue weighted by Gasteiger charge is 2.10. The summed E-state index contributed by atoms with van der Waals surface area (Å²) in [5.41, 5.74) is 9.84. The number of aromatic nitrogens is 1. The van der Waals surface area contributed by atoms with Gasteiger partial charge < -0.3 is 10.6 Å². The van der Waals surface area contributed by atoms with Gasteiger partial charge in [-0.25, -0.2) is 0 Å². The van der Waals surface area contributed by atoms with Crippen LogP contribution in [0, 0.1) is 0 Å². The maximum Gasteiger partial charge on any atom is 0.0743 e. The van der Waals surface area contributed by atoms with Gasteiger partial charge in [0.25, 0.3) is 0 Å². The summed E-state index contributed by atoms with van der Waals surface area (Å²) in [5, 5.41) is 1.12. The molecule has 3 aromatic rings. The number of nitrogens with zero attached hydrogens (tertiary/aromatic N) is 2. The van der Waals surface area contributed by atoms with Crippen molar-refractivity contribution in [3.8, 4) is 0 Å². The molecule has 0 saturated heterocycles. The van der Waals surface area contributed by atoms with E-state index in [1.165, 1.54) is 5.69 Å². The fourth-order valence-corrected chi connectivity index (χ4v) is 2.49. The number of nitrogens with two attached hydrogens (primary N) is 1. The molecule has 0 spiro atoms. The average molecular weight is 263 g/mol. The lowest BCUT2D eigenvalue weighted by Crippen LogP contribution is -2.16. The lowest BCUT2D eigenvalue weighted by molar-refractivity contribution is 1.03. The standard InChI is InChI=1S/C17H17N3/c1-2-20(14-6-4-3-5-7-14)17-10-11-19-16-12-13(18)8-9-15(16)17/h3-12H,2,18H2,1H3. The topological polar surface area (TPSA) is 42.2 Å². The summed E-state index contributed by atoms with van der Waals surface area (Å²) in [6.45, 7) is 3.05. The summed E-state index contributed by atoms with van der Waals surface area (Å²) >= 11 is 0. The van der Waals surface area contributed by atoms with E-state index in [1.807, 2.05) is 30.5 Å². The summed E-state index contributed by atoms with van der Waals surface area (Å²) in [7, 11) is 0. The molecule has 2 N–H and O–H groups in total. The van der Waals surface area contributed by atoms with Crippen molar-refractivity contribution < 1.29 is 0 Å². The van der Waals surface area contributed by atoms with Crippen LogP contribution in [-0.2, 0) is 0 Å². The second-order valence-electron chi connectivity index (χ2n) is 4.69. The molecule has 3 rings (SSSR count).